The molecule has 6 heteroatoms. The van der Waals surface area contributed by atoms with Gasteiger partial charge < -0.3 is 20.3 Å². The van der Waals surface area contributed by atoms with Crippen LogP contribution in [0, 0.1) is 0 Å². The Bertz CT molecular complexity index is 350. The number of piperidine rings is 1. The van der Waals surface area contributed by atoms with Crippen LogP contribution in [0.3, 0.4) is 0 Å². The number of ether oxygens (including phenoxy) is 1. The van der Waals surface area contributed by atoms with E-state index in [9.17, 15) is 9.59 Å². The number of carbonyl (C=O) groups is 2. The van der Waals surface area contributed by atoms with E-state index in [1.165, 1.54) is 0 Å². The molecule has 1 fully saturated rings. The third kappa shape index (κ3) is 6.12. The highest BCUT2D eigenvalue weighted by atomic mass is 16.6. The summed E-state index contributed by atoms with van der Waals surface area (Å²) in [5, 5.41) is 5.69. The topological polar surface area (TPSA) is 70.7 Å². The van der Waals surface area contributed by atoms with Gasteiger partial charge in [0.15, 0.2) is 0 Å². The molecule has 6 nitrogen and oxygen atoms in total. The molecule has 0 aromatic heterocycles. The lowest BCUT2D eigenvalue weighted by Crippen LogP contribution is -2.53. The zero-order chi connectivity index (χ0) is 15.3. The van der Waals surface area contributed by atoms with Crippen molar-refractivity contribution in [1.29, 1.82) is 0 Å². The summed E-state index contributed by atoms with van der Waals surface area (Å²) < 4.78 is 5.35. The molecule has 2 N–H and O–H groups in total. The maximum atomic E-state index is 12.0. The highest BCUT2D eigenvalue weighted by Crippen LogP contribution is 2.15. The Kier molecular flexibility index (Phi) is 5.65. The number of hydrogen-bond donors (Lipinski definition) is 2. The highest BCUT2D eigenvalue weighted by Gasteiger charge is 2.28. The SMILES string of the molecule is CC(C)NC(=O)NC1CCCN(C(=O)OC(C)(C)C)C1. The average molecular weight is 285 g/mol. The predicted molar refractivity (Wildman–Crippen MR) is 77.6 cm³/mol. The lowest BCUT2D eigenvalue weighted by atomic mass is 10.1. The van der Waals surface area contributed by atoms with Crippen LogP contribution in [0.1, 0.15) is 47.5 Å². The number of nitrogens with zero attached hydrogens (tertiary/aromatic N) is 1. The van der Waals surface area contributed by atoms with Crippen molar-refractivity contribution in [2.75, 3.05) is 13.1 Å². The van der Waals surface area contributed by atoms with Gasteiger partial charge in [-0.2, -0.15) is 0 Å². The van der Waals surface area contributed by atoms with Crippen molar-refractivity contribution in [2.45, 2.75) is 65.1 Å². The number of nitrogens with one attached hydrogen (secondary N) is 2. The third-order valence-electron chi connectivity index (χ3n) is 2.83. The number of carbonyl (C=O) groups excluding carboxylic acids is 2. The average Bonchev–Trinajstić information content (AvgIpc) is 2.25. The summed E-state index contributed by atoms with van der Waals surface area (Å²) >= 11 is 0. The first kappa shape index (κ1) is 16.6. The maximum absolute atomic E-state index is 12.0. The summed E-state index contributed by atoms with van der Waals surface area (Å²) in [7, 11) is 0. The van der Waals surface area contributed by atoms with Crippen LogP contribution in [0.15, 0.2) is 0 Å². The summed E-state index contributed by atoms with van der Waals surface area (Å²) in [4.78, 5) is 25.3. The lowest BCUT2D eigenvalue weighted by Gasteiger charge is -2.34. The van der Waals surface area contributed by atoms with Crippen LogP contribution in [0.4, 0.5) is 9.59 Å². The fourth-order valence-corrected chi connectivity index (χ4v) is 2.08. The summed E-state index contributed by atoms with van der Waals surface area (Å²) in [6.07, 6.45) is 1.43. The summed E-state index contributed by atoms with van der Waals surface area (Å²) in [5.41, 5.74) is -0.494. The van der Waals surface area contributed by atoms with Crippen LogP contribution >= 0.6 is 0 Å². The molecule has 0 aliphatic carbocycles. The first-order chi connectivity index (χ1) is 9.17. The van der Waals surface area contributed by atoms with E-state index in [-0.39, 0.29) is 24.2 Å². The zero-order valence-corrected chi connectivity index (χ0v) is 13.2. The first-order valence-corrected chi connectivity index (χ1v) is 7.22. The van der Waals surface area contributed by atoms with Crippen molar-refractivity contribution in [3.05, 3.63) is 0 Å². The Hall–Kier alpha value is -1.46. The monoisotopic (exact) mass is 285 g/mol. The minimum Gasteiger partial charge on any atom is -0.444 e. The van der Waals surface area contributed by atoms with Gasteiger partial charge in [-0.3, -0.25) is 0 Å². The van der Waals surface area contributed by atoms with Gasteiger partial charge in [0.1, 0.15) is 5.60 Å². The molecular formula is C14H27N3O3. The van der Waals surface area contributed by atoms with Crippen LogP contribution in [0.2, 0.25) is 0 Å². The van der Waals surface area contributed by atoms with Gasteiger partial charge in [-0.1, -0.05) is 0 Å². The normalized spacial score (nSPS) is 19.7. The second-order valence-corrected chi connectivity index (χ2v) is 6.54. The lowest BCUT2D eigenvalue weighted by molar-refractivity contribution is 0.0190. The van der Waals surface area contributed by atoms with Crippen LogP contribution in [0.5, 0.6) is 0 Å². The van der Waals surface area contributed by atoms with E-state index in [0.717, 1.165) is 12.8 Å². The van der Waals surface area contributed by atoms with Crippen molar-refractivity contribution in [2.24, 2.45) is 0 Å². The van der Waals surface area contributed by atoms with Crippen LogP contribution in [-0.2, 0) is 4.74 Å². The second kappa shape index (κ2) is 6.81. The van der Waals surface area contributed by atoms with E-state index >= 15 is 0 Å². The third-order valence-corrected chi connectivity index (χ3v) is 2.83. The molecule has 20 heavy (non-hydrogen) atoms. The standard InChI is InChI=1S/C14H27N3O3/c1-10(2)15-12(18)16-11-7-6-8-17(9-11)13(19)20-14(3,4)5/h10-11H,6-9H2,1-5H3,(H2,15,16,18). The number of likely N-dealkylation sites (tertiary alicyclic amines) is 1. The molecule has 1 atom stereocenters. The van der Waals surface area contributed by atoms with Gasteiger partial charge >= 0.3 is 12.1 Å². The molecule has 1 aliphatic rings. The number of rotatable bonds is 2. The number of hydrogen-bond acceptors (Lipinski definition) is 3. The minimum absolute atomic E-state index is 0.0185. The Labute approximate surface area is 121 Å². The Morgan fingerprint density at radius 3 is 2.50 bits per heavy atom. The van der Waals surface area contributed by atoms with Gasteiger partial charge in [-0.05, 0) is 47.5 Å². The van der Waals surface area contributed by atoms with Crippen LogP contribution in [-0.4, -0.2) is 47.8 Å². The Morgan fingerprint density at radius 2 is 1.95 bits per heavy atom. The van der Waals surface area contributed by atoms with Gasteiger partial charge in [0.2, 0.25) is 0 Å². The summed E-state index contributed by atoms with van der Waals surface area (Å²) in [5.74, 6) is 0. The molecule has 0 aromatic rings. The molecule has 1 rings (SSSR count). The summed E-state index contributed by atoms with van der Waals surface area (Å²) in [6, 6.07) is -0.105. The van der Waals surface area contributed by atoms with E-state index in [0.29, 0.717) is 13.1 Å². The zero-order valence-electron chi connectivity index (χ0n) is 13.2. The Balaban J connectivity index is 2.46. The molecule has 0 bridgehead atoms. The Morgan fingerprint density at radius 1 is 1.30 bits per heavy atom. The molecule has 0 spiro atoms. The van der Waals surface area contributed by atoms with Gasteiger partial charge in [0, 0.05) is 25.2 Å². The molecule has 116 valence electrons. The molecule has 3 amide bonds. The van der Waals surface area contributed by atoms with Crippen LogP contribution in [0.25, 0.3) is 0 Å². The fourth-order valence-electron chi connectivity index (χ4n) is 2.08. The minimum atomic E-state index is -0.494. The van der Waals surface area contributed by atoms with Gasteiger partial charge in [0.25, 0.3) is 0 Å². The maximum Gasteiger partial charge on any atom is 0.410 e. The molecule has 1 heterocycles. The summed E-state index contributed by atoms with van der Waals surface area (Å²) in [6.45, 7) is 10.5. The number of amides is 3. The molecule has 0 saturated carbocycles. The van der Waals surface area contributed by atoms with Crippen molar-refractivity contribution >= 4 is 12.1 Å². The molecule has 1 saturated heterocycles. The van der Waals surface area contributed by atoms with E-state index in [1.807, 2.05) is 34.6 Å². The van der Waals surface area contributed by atoms with Crippen molar-refractivity contribution in [1.82, 2.24) is 15.5 Å². The number of urea groups is 1. The van der Waals surface area contributed by atoms with Crippen molar-refractivity contribution in [3.63, 3.8) is 0 Å². The van der Waals surface area contributed by atoms with Gasteiger partial charge in [0.05, 0.1) is 0 Å². The van der Waals surface area contributed by atoms with Crippen molar-refractivity contribution in [3.8, 4) is 0 Å². The quantitative estimate of drug-likeness (QED) is 0.816. The van der Waals surface area contributed by atoms with Gasteiger partial charge in [-0.25, -0.2) is 9.59 Å². The van der Waals surface area contributed by atoms with Crippen molar-refractivity contribution < 1.29 is 14.3 Å². The fraction of sp³-hybridized carbons (Fsp3) is 0.857. The molecular weight excluding hydrogens is 258 g/mol. The second-order valence-electron chi connectivity index (χ2n) is 6.54. The first-order valence-electron chi connectivity index (χ1n) is 7.22. The molecule has 1 aliphatic heterocycles. The highest BCUT2D eigenvalue weighted by molar-refractivity contribution is 5.74. The molecule has 1 unspecified atom stereocenters. The molecule has 0 radical (unpaired) electrons. The predicted octanol–water partition coefficient (Wildman–Crippen LogP) is 2.09. The molecule has 0 aromatic carbocycles. The van der Waals surface area contributed by atoms with E-state index in [1.54, 1.807) is 4.90 Å². The van der Waals surface area contributed by atoms with E-state index in [4.69, 9.17) is 4.74 Å². The van der Waals surface area contributed by atoms with Gasteiger partial charge in [-0.15, -0.1) is 0 Å². The smallest absolute Gasteiger partial charge is 0.410 e. The van der Waals surface area contributed by atoms with E-state index in [2.05, 4.69) is 10.6 Å². The largest absolute Gasteiger partial charge is 0.444 e. The van der Waals surface area contributed by atoms with E-state index < -0.39 is 5.60 Å². The van der Waals surface area contributed by atoms with Crippen LogP contribution < -0.4 is 10.6 Å².